The summed E-state index contributed by atoms with van der Waals surface area (Å²) in [5.74, 6) is 1.10. The van der Waals surface area contributed by atoms with Crippen LogP contribution in [0.5, 0.6) is 5.75 Å². The van der Waals surface area contributed by atoms with Crippen LogP contribution in [0.4, 0.5) is 5.69 Å². The van der Waals surface area contributed by atoms with Crippen LogP contribution < -0.4 is 20.9 Å². The largest absolute Gasteiger partial charge is 0.493 e. The van der Waals surface area contributed by atoms with Crippen LogP contribution in [0.3, 0.4) is 0 Å². The van der Waals surface area contributed by atoms with Crippen molar-refractivity contribution >= 4 is 34.1 Å². The van der Waals surface area contributed by atoms with E-state index in [0.717, 1.165) is 37.2 Å². The molecule has 0 amide bonds. The normalized spacial score (nSPS) is 10.9. The molecule has 160 valence electrons. The van der Waals surface area contributed by atoms with E-state index in [1.165, 1.54) is 0 Å². The van der Waals surface area contributed by atoms with E-state index in [4.69, 9.17) is 21.9 Å². The van der Waals surface area contributed by atoms with Crippen LogP contribution in [0.15, 0.2) is 23.0 Å². The topological polar surface area (TPSA) is 96.9 Å². The van der Waals surface area contributed by atoms with Gasteiger partial charge in [0.1, 0.15) is 17.1 Å². The summed E-state index contributed by atoms with van der Waals surface area (Å²) < 4.78 is 7.52. The van der Waals surface area contributed by atoms with Gasteiger partial charge < -0.3 is 20.4 Å². The van der Waals surface area contributed by atoms with Gasteiger partial charge in [-0.15, -0.1) is 0 Å². The molecule has 0 saturated carbocycles. The van der Waals surface area contributed by atoms with E-state index in [-0.39, 0.29) is 5.56 Å². The maximum Gasteiger partial charge on any atom is 0.277 e. The maximum absolute atomic E-state index is 12.8. The van der Waals surface area contributed by atoms with Gasteiger partial charge in [-0.2, -0.15) is 5.10 Å². The van der Waals surface area contributed by atoms with Crippen LogP contribution in [0.2, 0.25) is 0 Å². The Hall–Kier alpha value is -2.94. The molecule has 0 radical (unpaired) electrons. The van der Waals surface area contributed by atoms with E-state index >= 15 is 0 Å². The fourth-order valence-corrected chi connectivity index (χ4v) is 3.51. The van der Waals surface area contributed by atoms with Crippen LogP contribution >= 0.6 is 12.2 Å². The van der Waals surface area contributed by atoms with Crippen molar-refractivity contribution in [2.45, 2.75) is 40.0 Å². The lowest BCUT2D eigenvalue weighted by atomic mass is 10.1. The van der Waals surface area contributed by atoms with E-state index in [0.29, 0.717) is 39.9 Å². The van der Waals surface area contributed by atoms with Crippen LogP contribution in [-0.4, -0.2) is 38.0 Å². The molecule has 1 aromatic carbocycles. The summed E-state index contributed by atoms with van der Waals surface area (Å²) in [5.41, 5.74) is 3.17. The summed E-state index contributed by atoms with van der Waals surface area (Å²) in [4.78, 5) is 20.5. The number of aromatic nitrogens is 4. The van der Waals surface area contributed by atoms with Crippen LogP contribution in [0.25, 0.3) is 22.4 Å². The number of ether oxygens (including phenoxy) is 1. The number of aromatic amines is 1. The molecule has 2 aromatic heterocycles. The minimum absolute atomic E-state index is 0.227. The SMILES string of the molecule is CCCOc1ccc(NC(=S)NCC)cc1-c1nc2c(CCC)nn(C)c2c(=O)[nH]1. The highest BCUT2D eigenvalue weighted by Crippen LogP contribution is 2.31. The first-order valence-corrected chi connectivity index (χ1v) is 10.7. The number of hydrogen-bond donors (Lipinski definition) is 3. The first-order chi connectivity index (χ1) is 14.5. The van der Waals surface area contributed by atoms with Gasteiger partial charge in [0, 0.05) is 19.3 Å². The predicted octanol–water partition coefficient (Wildman–Crippen LogP) is 3.37. The summed E-state index contributed by atoms with van der Waals surface area (Å²) in [6.45, 7) is 7.39. The van der Waals surface area contributed by atoms with Gasteiger partial charge in [0.25, 0.3) is 5.56 Å². The van der Waals surface area contributed by atoms with Gasteiger partial charge in [0.2, 0.25) is 0 Å². The van der Waals surface area contributed by atoms with E-state index in [9.17, 15) is 4.79 Å². The molecule has 0 unspecified atom stereocenters. The smallest absolute Gasteiger partial charge is 0.277 e. The molecule has 3 rings (SSSR count). The number of benzene rings is 1. The van der Waals surface area contributed by atoms with Crippen LogP contribution in [0, 0.1) is 0 Å². The Balaban J connectivity index is 2.13. The first kappa shape index (κ1) is 21.8. The van der Waals surface area contributed by atoms with Gasteiger partial charge in [-0.1, -0.05) is 20.3 Å². The molecule has 0 aliphatic heterocycles. The number of aryl methyl sites for hydroxylation is 2. The van der Waals surface area contributed by atoms with Gasteiger partial charge in [0.05, 0.1) is 17.9 Å². The Morgan fingerprint density at radius 2 is 2.07 bits per heavy atom. The minimum Gasteiger partial charge on any atom is -0.493 e. The highest BCUT2D eigenvalue weighted by atomic mass is 32.1. The standard InChI is InChI=1S/C21H28N6O2S/c1-5-8-15-17-18(27(4)26-15)20(28)25-19(24-17)14-12-13(23-21(30)22-7-3)9-10-16(14)29-11-6-2/h9-10,12H,5-8,11H2,1-4H3,(H2,22,23,30)(H,24,25,28). The third-order valence-corrected chi connectivity index (χ3v) is 4.79. The van der Waals surface area contributed by atoms with Crippen molar-refractivity contribution in [1.82, 2.24) is 25.1 Å². The molecule has 3 aromatic rings. The summed E-state index contributed by atoms with van der Waals surface area (Å²) >= 11 is 5.29. The van der Waals surface area contributed by atoms with E-state index in [1.807, 2.05) is 32.0 Å². The molecule has 2 heterocycles. The lowest BCUT2D eigenvalue weighted by Crippen LogP contribution is -2.27. The van der Waals surface area contributed by atoms with E-state index in [2.05, 4.69) is 27.6 Å². The highest BCUT2D eigenvalue weighted by Gasteiger charge is 2.18. The lowest BCUT2D eigenvalue weighted by Gasteiger charge is -2.14. The van der Waals surface area contributed by atoms with Gasteiger partial charge >= 0.3 is 0 Å². The number of nitrogens with zero attached hydrogens (tertiary/aromatic N) is 3. The summed E-state index contributed by atoms with van der Waals surface area (Å²) in [6, 6.07) is 5.64. The Kier molecular flexibility index (Phi) is 7.04. The molecule has 3 N–H and O–H groups in total. The summed E-state index contributed by atoms with van der Waals surface area (Å²) in [6.07, 6.45) is 2.54. The zero-order valence-corrected chi connectivity index (χ0v) is 18.7. The average molecular weight is 429 g/mol. The van der Waals surface area contributed by atoms with Crippen LogP contribution in [0.1, 0.15) is 39.3 Å². The predicted molar refractivity (Wildman–Crippen MR) is 124 cm³/mol. The quantitative estimate of drug-likeness (QED) is 0.473. The Bertz CT molecular complexity index is 1100. The maximum atomic E-state index is 12.8. The average Bonchev–Trinajstić information content (AvgIpc) is 3.03. The van der Waals surface area contributed by atoms with E-state index in [1.54, 1.807) is 11.7 Å². The molecule has 0 aliphatic rings. The second kappa shape index (κ2) is 9.71. The molecule has 0 fully saturated rings. The van der Waals surface area contributed by atoms with Crippen molar-refractivity contribution in [3.05, 3.63) is 34.2 Å². The van der Waals surface area contributed by atoms with Crippen molar-refractivity contribution in [2.24, 2.45) is 7.05 Å². The lowest BCUT2D eigenvalue weighted by molar-refractivity contribution is 0.318. The highest BCUT2D eigenvalue weighted by molar-refractivity contribution is 7.80. The number of hydrogen-bond acceptors (Lipinski definition) is 5. The molecule has 9 heteroatoms. The molecule has 0 saturated heterocycles. The molecular weight excluding hydrogens is 400 g/mol. The second-order valence-electron chi connectivity index (χ2n) is 6.98. The Morgan fingerprint density at radius 1 is 1.27 bits per heavy atom. The zero-order valence-electron chi connectivity index (χ0n) is 17.8. The minimum atomic E-state index is -0.227. The molecule has 0 aliphatic carbocycles. The molecule has 8 nitrogen and oxygen atoms in total. The van der Waals surface area contributed by atoms with Crippen molar-refractivity contribution < 1.29 is 4.74 Å². The monoisotopic (exact) mass is 428 g/mol. The molecule has 30 heavy (non-hydrogen) atoms. The Morgan fingerprint density at radius 3 is 2.77 bits per heavy atom. The van der Waals surface area contributed by atoms with Gasteiger partial charge in [0.15, 0.2) is 10.6 Å². The van der Waals surface area contributed by atoms with Gasteiger partial charge in [-0.05, 0) is 50.2 Å². The van der Waals surface area contributed by atoms with Crippen molar-refractivity contribution in [3.8, 4) is 17.1 Å². The molecular formula is C21H28N6O2S. The fraction of sp³-hybridized carbons (Fsp3) is 0.429. The number of H-pyrrole nitrogens is 1. The van der Waals surface area contributed by atoms with Crippen molar-refractivity contribution in [2.75, 3.05) is 18.5 Å². The van der Waals surface area contributed by atoms with Gasteiger partial charge in [-0.25, -0.2) is 4.98 Å². The van der Waals surface area contributed by atoms with Crippen LogP contribution in [-0.2, 0) is 13.5 Å². The zero-order chi connectivity index (χ0) is 21.7. The van der Waals surface area contributed by atoms with Crippen molar-refractivity contribution in [3.63, 3.8) is 0 Å². The second-order valence-corrected chi connectivity index (χ2v) is 7.38. The third-order valence-electron chi connectivity index (χ3n) is 4.54. The summed E-state index contributed by atoms with van der Waals surface area (Å²) in [5, 5.41) is 11.2. The third kappa shape index (κ3) is 4.62. The summed E-state index contributed by atoms with van der Waals surface area (Å²) in [7, 11) is 1.76. The number of rotatable bonds is 8. The fourth-order valence-electron chi connectivity index (χ4n) is 3.25. The molecule has 0 bridgehead atoms. The number of anilines is 1. The number of fused-ring (bicyclic) bond motifs is 1. The molecule has 0 atom stereocenters. The molecule has 0 spiro atoms. The number of nitrogens with one attached hydrogen (secondary N) is 3. The van der Waals surface area contributed by atoms with E-state index < -0.39 is 0 Å². The first-order valence-electron chi connectivity index (χ1n) is 10.3. The van der Waals surface area contributed by atoms with Crippen molar-refractivity contribution in [1.29, 1.82) is 0 Å². The number of thiocarbonyl (C=S) groups is 1. The Labute approximate surface area is 181 Å². The van der Waals surface area contributed by atoms with Gasteiger partial charge in [-0.3, -0.25) is 9.48 Å².